The van der Waals surface area contributed by atoms with Crippen LogP contribution < -0.4 is 0 Å². The number of aromatic carboxylic acids is 1. The largest absolute Gasteiger partial charge is 0.478 e. The molecule has 0 bridgehead atoms. The van der Waals surface area contributed by atoms with Crippen LogP contribution in [0, 0.1) is 0 Å². The molecule has 30 heavy (non-hydrogen) atoms. The van der Waals surface area contributed by atoms with Gasteiger partial charge in [-0.3, -0.25) is 0 Å². The molecule has 0 saturated carbocycles. The average molecular weight is 409 g/mol. The first kappa shape index (κ1) is 20.6. The summed E-state index contributed by atoms with van der Waals surface area (Å²) in [6, 6.07) is 15.5. The van der Waals surface area contributed by atoms with Gasteiger partial charge < -0.3 is 14.7 Å². The summed E-state index contributed by atoms with van der Waals surface area (Å²) in [5, 5.41) is 10.9. The van der Waals surface area contributed by atoms with Crippen molar-refractivity contribution < 1.29 is 24.3 Å². The Hall–Kier alpha value is -2.70. The highest BCUT2D eigenvalue weighted by atomic mass is 16.7. The molecule has 158 valence electrons. The van der Waals surface area contributed by atoms with Gasteiger partial charge in [-0.2, -0.15) is 0 Å². The number of piperidine rings is 1. The lowest BCUT2D eigenvalue weighted by atomic mass is 9.82. The zero-order valence-corrected chi connectivity index (χ0v) is 17.3. The highest BCUT2D eigenvalue weighted by Crippen LogP contribution is 2.48. The van der Waals surface area contributed by atoms with Gasteiger partial charge in [-0.15, -0.1) is 5.06 Å². The number of nitrogens with zero attached hydrogens (tertiary/aromatic N) is 1. The molecule has 0 radical (unpaired) electrons. The molecule has 6 nitrogen and oxygen atoms in total. The lowest BCUT2D eigenvalue weighted by Crippen LogP contribution is -2.47. The van der Waals surface area contributed by atoms with Crippen LogP contribution in [0.3, 0.4) is 0 Å². The summed E-state index contributed by atoms with van der Waals surface area (Å²) >= 11 is 0. The number of hydrogen-bond acceptors (Lipinski definition) is 5. The minimum atomic E-state index is -0.963. The van der Waals surface area contributed by atoms with Crippen LogP contribution in [0.5, 0.6) is 0 Å². The molecule has 2 aliphatic heterocycles. The Balaban J connectivity index is 1.60. The van der Waals surface area contributed by atoms with Gasteiger partial charge in [0, 0.05) is 6.54 Å². The molecule has 2 fully saturated rings. The van der Waals surface area contributed by atoms with Gasteiger partial charge in [-0.25, -0.2) is 9.59 Å². The van der Waals surface area contributed by atoms with E-state index in [-0.39, 0.29) is 22.8 Å². The molecular weight excluding hydrogens is 382 g/mol. The number of carbonyl (C=O) groups excluding carboxylic acids is 1. The number of carboxylic acids is 1. The molecule has 2 aliphatic rings. The molecule has 0 aliphatic carbocycles. The lowest BCUT2D eigenvalue weighted by Gasteiger charge is -2.44. The summed E-state index contributed by atoms with van der Waals surface area (Å²) in [5.74, 6) is -1.36. The molecule has 1 spiro atoms. The summed E-state index contributed by atoms with van der Waals surface area (Å²) in [5.41, 5.74) is 1.22. The van der Waals surface area contributed by atoms with Gasteiger partial charge in [0.2, 0.25) is 0 Å². The van der Waals surface area contributed by atoms with Crippen LogP contribution in [0.4, 0.5) is 0 Å². The standard InChI is InChI=1S/C24H27NO5/c1-23(2)12-13-24(30-23)14-15-25(29-22(28)19-6-4-3-5-7-19)20(16-24)17-8-10-18(11-9-17)21(26)27/h3-11,20H,12-16H2,1-2H3,(H,26,27). The Labute approximate surface area is 176 Å². The molecule has 1 N–H and O–H groups in total. The van der Waals surface area contributed by atoms with E-state index in [4.69, 9.17) is 9.57 Å². The number of ether oxygens (including phenoxy) is 1. The van der Waals surface area contributed by atoms with Crippen LogP contribution in [0.25, 0.3) is 0 Å². The van der Waals surface area contributed by atoms with Crippen LogP contribution in [-0.2, 0) is 9.57 Å². The van der Waals surface area contributed by atoms with Gasteiger partial charge in [-0.05, 0) is 69.4 Å². The third-order valence-electron chi connectivity index (χ3n) is 6.13. The molecule has 2 saturated heterocycles. The normalized spacial score (nSPS) is 25.9. The minimum absolute atomic E-state index is 0.166. The number of hydrogen-bond donors (Lipinski definition) is 1. The lowest BCUT2D eigenvalue weighted by molar-refractivity contribution is -0.203. The first-order chi connectivity index (χ1) is 14.3. The predicted octanol–water partition coefficient (Wildman–Crippen LogP) is 4.62. The molecule has 6 heteroatoms. The summed E-state index contributed by atoms with van der Waals surface area (Å²) in [4.78, 5) is 29.7. The minimum Gasteiger partial charge on any atom is -0.478 e. The Morgan fingerprint density at radius 1 is 1.00 bits per heavy atom. The second kappa shape index (κ2) is 7.85. The number of rotatable bonds is 4. The first-order valence-corrected chi connectivity index (χ1v) is 10.3. The van der Waals surface area contributed by atoms with Crippen molar-refractivity contribution in [2.45, 2.75) is 56.8 Å². The molecule has 2 aromatic carbocycles. The first-order valence-electron chi connectivity index (χ1n) is 10.3. The third-order valence-corrected chi connectivity index (χ3v) is 6.13. The Bertz CT molecular complexity index is 924. The van der Waals surface area contributed by atoms with E-state index in [0.29, 0.717) is 18.5 Å². The van der Waals surface area contributed by atoms with Gasteiger partial charge in [0.05, 0.1) is 28.4 Å². The molecule has 2 unspecified atom stereocenters. The van der Waals surface area contributed by atoms with Crippen LogP contribution in [0.15, 0.2) is 54.6 Å². The van der Waals surface area contributed by atoms with E-state index in [1.165, 1.54) is 0 Å². The fourth-order valence-electron chi connectivity index (χ4n) is 4.54. The van der Waals surface area contributed by atoms with E-state index in [1.807, 2.05) is 6.07 Å². The highest BCUT2D eigenvalue weighted by molar-refractivity contribution is 5.89. The second-order valence-electron chi connectivity index (χ2n) is 8.83. The van der Waals surface area contributed by atoms with E-state index < -0.39 is 11.9 Å². The third kappa shape index (κ3) is 4.25. The zero-order valence-electron chi connectivity index (χ0n) is 17.3. The number of benzene rings is 2. The van der Waals surface area contributed by atoms with Gasteiger partial charge in [0.25, 0.3) is 0 Å². The fourth-order valence-corrected chi connectivity index (χ4v) is 4.54. The number of hydroxylamine groups is 2. The molecule has 4 rings (SSSR count). The molecule has 0 amide bonds. The van der Waals surface area contributed by atoms with Crippen molar-refractivity contribution in [3.05, 3.63) is 71.3 Å². The quantitative estimate of drug-likeness (QED) is 0.794. The molecule has 2 atom stereocenters. The van der Waals surface area contributed by atoms with Crippen molar-refractivity contribution in [3.8, 4) is 0 Å². The van der Waals surface area contributed by atoms with Crippen molar-refractivity contribution in [3.63, 3.8) is 0 Å². The summed E-state index contributed by atoms with van der Waals surface area (Å²) < 4.78 is 6.47. The topological polar surface area (TPSA) is 76.1 Å². The van der Waals surface area contributed by atoms with Crippen molar-refractivity contribution in [2.24, 2.45) is 0 Å². The van der Waals surface area contributed by atoms with E-state index >= 15 is 0 Å². The van der Waals surface area contributed by atoms with E-state index in [2.05, 4.69) is 13.8 Å². The summed E-state index contributed by atoms with van der Waals surface area (Å²) in [6.45, 7) is 4.78. The highest BCUT2D eigenvalue weighted by Gasteiger charge is 2.49. The van der Waals surface area contributed by atoms with Gasteiger partial charge in [0.1, 0.15) is 0 Å². The van der Waals surface area contributed by atoms with Crippen LogP contribution in [0.2, 0.25) is 0 Å². The fraction of sp³-hybridized carbons (Fsp3) is 0.417. The van der Waals surface area contributed by atoms with Crippen molar-refractivity contribution in [1.82, 2.24) is 5.06 Å². The van der Waals surface area contributed by atoms with E-state index in [1.54, 1.807) is 53.6 Å². The SMILES string of the molecule is CC1(C)CCC2(CCN(OC(=O)c3ccccc3)C(c3ccc(C(=O)O)cc3)C2)O1. The smallest absolute Gasteiger partial charge is 0.357 e. The Morgan fingerprint density at radius 2 is 1.70 bits per heavy atom. The van der Waals surface area contributed by atoms with Crippen molar-refractivity contribution in [1.29, 1.82) is 0 Å². The predicted molar refractivity (Wildman–Crippen MR) is 111 cm³/mol. The molecule has 2 aromatic rings. The average Bonchev–Trinajstić information content (AvgIpc) is 3.04. The maximum absolute atomic E-state index is 12.7. The van der Waals surface area contributed by atoms with E-state index in [9.17, 15) is 14.7 Å². The number of carboxylic acid groups (broad SMARTS) is 1. The van der Waals surface area contributed by atoms with Crippen molar-refractivity contribution in [2.75, 3.05) is 6.54 Å². The molecular formula is C24H27NO5. The zero-order chi connectivity index (χ0) is 21.4. The maximum Gasteiger partial charge on any atom is 0.357 e. The Kier molecular flexibility index (Phi) is 5.38. The van der Waals surface area contributed by atoms with Gasteiger partial charge in [-0.1, -0.05) is 30.3 Å². The summed E-state index contributed by atoms with van der Waals surface area (Å²) in [6.07, 6.45) is 3.42. The van der Waals surface area contributed by atoms with E-state index in [0.717, 1.165) is 24.8 Å². The van der Waals surface area contributed by atoms with Crippen molar-refractivity contribution >= 4 is 11.9 Å². The van der Waals surface area contributed by atoms with Gasteiger partial charge in [0.15, 0.2) is 0 Å². The van der Waals surface area contributed by atoms with Gasteiger partial charge >= 0.3 is 11.9 Å². The van der Waals surface area contributed by atoms with Crippen LogP contribution >= 0.6 is 0 Å². The monoisotopic (exact) mass is 409 g/mol. The molecule has 2 heterocycles. The van der Waals surface area contributed by atoms with Crippen LogP contribution in [0.1, 0.15) is 71.9 Å². The maximum atomic E-state index is 12.7. The van der Waals surface area contributed by atoms with Crippen LogP contribution in [-0.4, -0.2) is 39.9 Å². The molecule has 0 aromatic heterocycles. The number of carbonyl (C=O) groups is 2. The Morgan fingerprint density at radius 3 is 2.30 bits per heavy atom. The summed E-state index contributed by atoms with van der Waals surface area (Å²) in [7, 11) is 0. The second-order valence-corrected chi connectivity index (χ2v) is 8.83.